The van der Waals surface area contributed by atoms with Crippen LogP contribution in [0.25, 0.3) is 0 Å². The maximum Gasteiger partial charge on any atom is 0.243 e. The van der Waals surface area contributed by atoms with Crippen molar-refractivity contribution in [1.82, 2.24) is 24.7 Å². The molecule has 2 aliphatic rings. The lowest BCUT2D eigenvalue weighted by atomic mass is 10.00. The van der Waals surface area contributed by atoms with E-state index in [1.165, 1.54) is 5.56 Å². The van der Waals surface area contributed by atoms with Crippen molar-refractivity contribution in [2.75, 3.05) is 45.9 Å². The number of aromatic nitrogens is 2. The van der Waals surface area contributed by atoms with Gasteiger partial charge in [0.15, 0.2) is 0 Å². The number of hydrogen-bond donors (Lipinski definition) is 1. The second-order valence-corrected chi connectivity index (χ2v) is 8.78. The van der Waals surface area contributed by atoms with Crippen molar-refractivity contribution in [3.63, 3.8) is 0 Å². The van der Waals surface area contributed by atoms with Crippen LogP contribution in [0.15, 0.2) is 36.7 Å². The Morgan fingerprint density at radius 3 is 2.71 bits per heavy atom. The van der Waals surface area contributed by atoms with E-state index >= 15 is 0 Å². The fourth-order valence-corrected chi connectivity index (χ4v) is 4.58. The van der Waals surface area contributed by atoms with Crippen LogP contribution in [0.5, 0.6) is 0 Å². The van der Waals surface area contributed by atoms with Gasteiger partial charge in [-0.05, 0) is 32.4 Å². The second-order valence-electron chi connectivity index (χ2n) is 8.78. The summed E-state index contributed by atoms with van der Waals surface area (Å²) >= 11 is 0. The van der Waals surface area contributed by atoms with E-state index in [1.807, 2.05) is 12.4 Å². The largest absolute Gasteiger partial charge is 0.379 e. The number of imidazole rings is 1. The average Bonchev–Trinajstić information content (AvgIpc) is 3.22. The minimum absolute atomic E-state index is 0.0845. The van der Waals surface area contributed by atoms with E-state index in [0.29, 0.717) is 6.54 Å². The molecule has 7 heteroatoms. The number of amides is 1. The summed E-state index contributed by atoms with van der Waals surface area (Å²) in [4.78, 5) is 22.8. The molecule has 1 N–H and O–H groups in total. The zero-order valence-electron chi connectivity index (χ0n) is 18.8. The van der Waals surface area contributed by atoms with Crippen molar-refractivity contribution < 1.29 is 9.53 Å². The molecule has 31 heavy (non-hydrogen) atoms. The minimum Gasteiger partial charge on any atom is -0.379 e. The summed E-state index contributed by atoms with van der Waals surface area (Å²) in [6.45, 7) is 11.2. The van der Waals surface area contributed by atoms with Gasteiger partial charge in [-0.1, -0.05) is 30.3 Å². The molecule has 1 amide bonds. The van der Waals surface area contributed by atoms with Crippen LogP contribution < -0.4 is 5.32 Å². The van der Waals surface area contributed by atoms with Gasteiger partial charge in [-0.15, -0.1) is 0 Å². The number of nitrogens with zero attached hydrogens (tertiary/aromatic N) is 4. The third kappa shape index (κ3) is 5.34. The fraction of sp³-hybridized carbons (Fsp3) is 0.583. The van der Waals surface area contributed by atoms with E-state index in [9.17, 15) is 4.79 Å². The number of nitrogens with one attached hydrogen (secondary N) is 1. The Hall–Kier alpha value is -2.22. The summed E-state index contributed by atoms with van der Waals surface area (Å²) < 4.78 is 7.59. The van der Waals surface area contributed by atoms with Crippen LogP contribution in [-0.4, -0.2) is 71.2 Å². The number of carbonyl (C=O) groups excluding carboxylic acids is 1. The van der Waals surface area contributed by atoms with Crippen molar-refractivity contribution in [3.8, 4) is 0 Å². The summed E-state index contributed by atoms with van der Waals surface area (Å²) in [5.74, 6) is 0.0845. The predicted octanol–water partition coefficient (Wildman–Crippen LogP) is 2.40. The van der Waals surface area contributed by atoms with Gasteiger partial charge in [0, 0.05) is 45.2 Å². The van der Waals surface area contributed by atoms with Gasteiger partial charge in [0.25, 0.3) is 0 Å². The Morgan fingerprint density at radius 2 is 1.97 bits per heavy atom. The van der Waals surface area contributed by atoms with Crippen molar-refractivity contribution in [2.45, 2.75) is 45.3 Å². The van der Waals surface area contributed by atoms with Crippen LogP contribution in [0.1, 0.15) is 49.3 Å². The van der Waals surface area contributed by atoms with Crippen LogP contribution >= 0.6 is 0 Å². The van der Waals surface area contributed by atoms with Crippen LogP contribution in [0, 0.1) is 0 Å². The first-order chi connectivity index (χ1) is 15.1. The molecule has 7 nitrogen and oxygen atoms in total. The van der Waals surface area contributed by atoms with E-state index in [1.54, 1.807) is 0 Å². The molecule has 1 saturated heterocycles. The summed E-state index contributed by atoms with van der Waals surface area (Å²) in [6.07, 6.45) is 3.73. The first-order valence-corrected chi connectivity index (χ1v) is 11.5. The number of hydrogen-bond acceptors (Lipinski definition) is 5. The number of carbonyl (C=O) groups is 1. The number of fused-ring (bicyclic) bond motifs is 1. The van der Waals surface area contributed by atoms with Crippen LogP contribution in [-0.2, 0) is 22.5 Å². The monoisotopic (exact) mass is 425 g/mol. The molecule has 168 valence electrons. The zero-order chi connectivity index (χ0) is 21.6. The average molecular weight is 426 g/mol. The lowest BCUT2D eigenvalue weighted by Gasteiger charge is -2.36. The van der Waals surface area contributed by atoms with E-state index < -0.39 is 0 Å². The summed E-state index contributed by atoms with van der Waals surface area (Å²) in [6, 6.07) is 10.4. The van der Waals surface area contributed by atoms with E-state index in [0.717, 1.165) is 70.2 Å². The van der Waals surface area contributed by atoms with Crippen LogP contribution in [0.2, 0.25) is 0 Å². The highest BCUT2D eigenvalue weighted by Gasteiger charge is 2.36. The topological polar surface area (TPSA) is 62.6 Å². The van der Waals surface area contributed by atoms with Gasteiger partial charge in [0.2, 0.25) is 5.91 Å². The van der Waals surface area contributed by atoms with Gasteiger partial charge < -0.3 is 14.6 Å². The third-order valence-corrected chi connectivity index (χ3v) is 6.26. The van der Waals surface area contributed by atoms with Gasteiger partial charge in [0.1, 0.15) is 6.04 Å². The molecule has 1 aromatic heterocycles. The molecule has 0 bridgehead atoms. The molecule has 2 aromatic rings. The molecule has 4 rings (SSSR count). The van der Waals surface area contributed by atoms with E-state index in [2.05, 4.69) is 62.8 Å². The molecule has 0 radical (unpaired) electrons. The lowest BCUT2D eigenvalue weighted by Crippen LogP contribution is -2.45. The maximum atomic E-state index is 13.5. The van der Waals surface area contributed by atoms with Gasteiger partial charge in [-0.25, -0.2) is 4.98 Å². The van der Waals surface area contributed by atoms with E-state index in [4.69, 9.17) is 4.74 Å². The van der Waals surface area contributed by atoms with Crippen molar-refractivity contribution in [3.05, 3.63) is 53.6 Å². The standard InChI is InChI=1S/C24H35N5O2/c1-19(2)29-18-26-21-9-12-28(17-20-7-4-3-5-8-20)23(22(21)29)24(30)25-10-6-11-27-13-15-31-16-14-27/h3-5,7-8,18-19,23H,6,9-17H2,1-2H3,(H,25,30)/t23-/m1/s1. The number of ether oxygens (including phenoxy) is 1. The second kappa shape index (κ2) is 10.4. The number of rotatable bonds is 8. The Morgan fingerprint density at radius 1 is 1.19 bits per heavy atom. The molecular weight excluding hydrogens is 390 g/mol. The fourth-order valence-electron chi connectivity index (χ4n) is 4.58. The van der Waals surface area contributed by atoms with Gasteiger partial charge in [-0.3, -0.25) is 14.6 Å². The van der Waals surface area contributed by atoms with Crippen LogP contribution in [0.3, 0.4) is 0 Å². The Labute approximate surface area is 185 Å². The summed E-state index contributed by atoms with van der Waals surface area (Å²) in [5, 5.41) is 3.22. The van der Waals surface area contributed by atoms with Crippen molar-refractivity contribution in [1.29, 1.82) is 0 Å². The quantitative estimate of drug-likeness (QED) is 0.658. The molecule has 2 aliphatic heterocycles. The molecular formula is C24H35N5O2. The summed E-state index contributed by atoms with van der Waals surface area (Å²) in [5.41, 5.74) is 3.35. The molecule has 0 unspecified atom stereocenters. The predicted molar refractivity (Wildman–Crippen MR) is 121 cm³/mol. The zero-order valence-corrected chi connectivity index (χ0v) is 18.8. The third-order valence-electron chi connectivity index (χ3n) is 6.26. The molecule has 0 spiro atoms. The number of benzene rings is 1. The molecule has 3 heterocycles. The molecule has 0 saturated carbocycles. The minimum atomic E-state index is -0.308. The Bertz CT molecular complexity index is 845. The SMILES string of the molecule is CC(C)n1cnc2c1[C@H](C(=O)NCCCN1CCOCC1)N(Cc1ccccc1)CC2. The molecule has 1 aromatic carbocycles. The number of morpholine rings is 1. The van der Waals surface area contributed by atoms with Gasteiger partial charge >= 0.3 is 0 Å². The van der Waals surface area contributed by atoms with Gasteiger partial charge in [-0.2, -0.15) is 0 Å². The summed E-state index contributed by atoms with van der Waals surface area (Å²) in [7, 11) is 0. The van der Waals surface area contributed by atoms with Crippen molar-refractivity contribution >= 4 is 5.91 Å². The molecule has 1 atom stereocenters. The Kier molecular flexibility index (Phi) is 7.37. The van der Waals surface area contributed by atoms with Gasteiger partial charge in [0.05, 0.1) is 30.9 Å². The highest BCUT2D eigenvalue weighted by atomic mass is 16.5. The van der Waals surface area contributed by atoms with E-state index in [-0.39, 0.29) is 18.0 Å². The van der Waals surface area contributed by atoms with Crippen molar-refractivity contribution in [2.24, 2.45) is 0 Å². The normalized spacial score (nSPS) is 20.0. The lowest BCUT2D eigenvalue weighted by molar-refractivity contribution is -0.127. The highest BCUT2D eigenvalue weighted by molar-refractivity contribution is 5.83. The first kappa shape index (κ1) is 22.0. The first-order valence-electron chi connectivity index (χ1n) is 11.5. The van der Waals surface area contributed by atoms with Crippen LogP contribution in [0.4, 0.5) is 0 Å². The highest BCUT2D eigenvalue weighted by Crippen LogP contribution is 2.32. The Balaban J connectivity index is 1.46. The maximum absolute atomic E-state index is 13.5. The smallest absolute Gasteiger partial charge is 0.243 e. The molecule has 0 aliphatic carbocycles. The molecule has 1 fully saturated rings.